The highest BCUT2D eigenvalue weighted by atomic mass is 35.5. The Balaban J connectivity index is 1.70. The van der Waals surface area contributed by atoms with Crippen molar-refractivity contribution in [2.24, 2.45) is 0 Å². The summed E-state index contributed by atoms with van der Waals surface area (Å²) in [7, 11) is 0. The second kappa shape index (κ2) is 6.09. The minimum atomic E-state index is 0.158. The number of anilines is 2. The first kappa shape index (κ1) is 15.6. The molecule has 118 valence electrons. The standard InChI is InChI=1S/C17H22ClN3S/c1-17(2,3)15-12-14(16(18)22-15)21-10-8-20(9-11-21)13-4-6-19-7-5-13/h4-7,12H,8-11H2,1-3H3. The highest BCUT2D eigenvalue weighted by Gasteiger charge is 2.24. The molecule has 0 amide bonds. The van der Waals surface area contributed by atoms with Crippen molar-refractivity contribution in [1.82, 2.24) is 4.98 Å². The lowest BCUT2D eigenvalue weighted by atomic mass is 9.94. The van der Waals surface area contributed by atoms with E-state index in [2.05, 4.69) is 53.8 Å². The summed E-state index contributed by atoms with van der Waals surface area (Å²) in [6, 6.07) is 6.42. The predicted octanol–water partition coefficient (Wildman–Crippen LogP) is 4.42. The number of piperazine rings is 1. The summed E-state index contributed by atoms with van der Waals surface area (Å²) in [6.45, 7) is 10.7. The third-order valence-electron chi connectivity index (χ3n) is 4.06. The number of aromatic nitrogens is 1. The number of hydrogen-bond acceptors (Lipinski definition) is 4. The Morgan fingerprint density at radius 3 is 2.18 bits per heavy atom. The van der Waals surface area contributed by atoms with E-state index in [0.717, 1.165) is 30.5 Å². The van der Waals surface area contributed by atoms with Crippen molar-refractivity contribution in [1.29, 1.82) is 0 Å². The van der Waals surface area contributed by atoms with Crippen molar-refractivity contribution < 1.29 is 0 Å². The van der Waals surface area contributed by atoms with Gasteiger partial charge in [0.25, 0.3) is 0 Å². The van der Waals surface area contributed by atoms with Gasteiger partial charge in [-0.1, -0.05) is 32.4 Å². The van der Waals surface area contributed by atoms with Crippen LogP contribution in [0.25, 0.3) is 0 Å². The van der Waals surface area contributed by atoms with Crippen LogP contribution in [0.5, 0.6) is 0 Å². The van der Waals surface area contributed by atoms with Crippen molar-refractivity contribution in [3.8, 4) is 0 Å². The number of thiophene rings is 1. The molecule has 0 bridgehead atoms. The lowest BCUT2D eigenvalue weighted by Crippen LogP contribution is -2.46. The molecular formula is C17H22ClN3S. The fourth-order valence-corrected chi connectivity index (χ4v) is 4.09. The molecule has 1 aliphatic rings. The summed E-state index contributed by atoms with van der Waals surface area (Å²) in [5.41, 5.74) is 2.61. The van der Waals surface area contributed by atoms with Gasteiger partial charge in [-0.15, -0.1) is 11.3 Å². The number of hydrogen-bond donors (Lipinski definition) is 0. The van der Waals surface area contributed by atoms with Crippen LogP contribution >= 0.6 is 22.9 Å². The van der Waals surface area contributed by atoms with Gasteiger partial charge in [0.15, 0.2) is 0 Å². The lowest BCUT2D eigenvalue weighted by molar-refractivity contribution is 0.603. The van der Waals surface area contributed by atoms with Crippen LogP contribution in [0.1, 0.15) is 25.6 Å². The molecule has 22 heavy (non-hydrogen) atoms. The van der Waals surface area contributed by atoms with Crippen molar-refractivity contribution in [3.05, 3.63) is 39.8 Å². The van der Waals surface area contributed by atoms with Gasteiger partial charge in [-0.05, 0) is 23.6 Å². The third kappa shape index (κ3) is 3.23. The zero-order chi connectivity index (χ0) is 15.7. The topological polar surface area (TPSA) is 19.4 Å². The largest absolute Gasteiger partial charge is 0.368 e. The Kier molecular flexibility index (Phi) is 4.33. The number of rotatable bonds is 2. The number of pyridine rings is 1. The Hall–Kier alpha value is -1.26. The van der Waals surface area contributed by atoms with Gasteiger partial charge in [0.1, 0.15) is 4.34 Å². The molecule has 0 unspecified atom stereocenters. The normalized spacial score (nSPS) is 16.2. The summed E-state index contributed by atoms with van der Waals surface area (Å²) in [4.78, 5) is 10.3. The van der Waals surface area contributed by atoms with Crippen molar-refractivity contribution >= 4 is 34.3 Å². The highest BCUT2D eigenvalue weighted by molar-refractivity contribution is 7.17. The van der Waals surface area contributed by atoms with Crippen LogP contribution in [-0.2, 0) is 5.41 Å². The Bertz CT molecular complexity index is 625. The van der Waals surface area contributed by atoms with E-state index in [4.69, 9.17) is 11.6 Å². The van der Waals surface area contributed by atoms with E-state index in [1.54, 1.807) is 11.3 Å². The maximum Gasteiger partial charge on any atom is 0.117 e. The van der Waals surface area contributed by atoms with E-state index in [1.165, 1.54) is 16.3 Å². The molecular weight excluding hydrogens is 314 g/mol. The van der Waals surface area contributed by atoms with E-state index in [0.29, 0.717) is 0 Å². The van der Waals surface area contributed by atoms with Crippen LogP contribution in [0.3, 0.4) is 0 Å². The maximum atomic E-state index is 6.49. The predicted molar refractivity (Wildman–Crippen MR) is 96.7 cm³/mol. The summed E-state index contributed by atoms with van der Waals surface area (Å²) in [5.74, 6) is 0. The molecule has 0 spiro atoms. The van der Waals surface area contributed by atoms with Gasteiger partial charge in [-0.3, -0.25) is 4.98 Å². The Labute approximate surface area is 141 Å². The molecule has 0 radical (unpaired) electrons. The zero-order valence-corrected chi connectivity index (χ0v) is 14.9. The van der Waals surface area contributed by atoms with Crippen LogP contribution in [0.15, 0.2) is 30.6 Å². The van der Waals surface area contributed by atoms with Gasteiger partial charge in [0, 0.05) is 49.1 Å². The SMILES string of the molecule is CC(C)(C)c1cc(N2CCN(c3ccncc3)CC2)c(Cl)s1. The molecule has 1 fully saturated rings. The smallest absolute Gasteiger partial charge is 0.117 e. The zero-order valence-electron chi connectivity index (χ0n) is 13.3. The summed E-state index contributed by atoms with van der Waals surface area (Å²) >= 11 is 8.21. The molecule has 2 aromatic heterocycles. The van der Waals surface area contributed by atoms with Crippen molar-refractivity contribution in [3.63, 3.8) is 0 Å². The molecule has 0 N–H and O–H groups in total. The average Bonchev–Trinajstić information content (AvgIpc) is 2.90. The molecule has 0 saturated carbocycles. The fraction of sp³-hybridized carbons (Fsp3) is 0.471. The summed E-state index contributed by atoms with van der Waals surface area (Å²) in [6.07, 6.45) is 3.71. The Morgan fingerprint density at radius 1 is 1.05 bits per heavy atom. The van der Waals surface area contributed by atoms with E-state index >= 15 is 0 Å². The van der Waals surface area contributed by atoms with E-state index in [-0.39, 0.29) is 5.41 Å². The quantitative estimate of drug-likeness (QED) is 0.809. The second-order valence-electron chi connectivity index (χ2n) is 6.70. The van der Waals surface area contributed by atoms with Gasteiger partial charge in [-0.25, -0.2) is 0 Å². The highest BCUT2D eigenvalue weighted by Crippen LogP contribution is 2.40. The minimum Gasteiger partial charge on any atom is -0.368 e. The lowest BCUT2D eigenvalue weighted by Gasteiger charge is -2.37. The first-order valence-electron chi connectivity index (χ1n) is 7.65. The van der Waals surface area contributed by atoms with Gasteiger partial charge < -0.3 is 9.80 Å². The minimum absolute atomic E-state index is 0.158. The maximum absolute atomic E-state index is 6.49. The molecule has 3 nitrogen and oxygen atoms in total. The number of halogens is 1. The number of nitrogens with zero attached hydrogens (tertiary/aromatic N) is 3. The summed E-state index contributed by atoms with van der Waals surface area (Å²) in [5, 5.41) is 0. The van der Waals surface area contributed by atoms with Crippen molar-refractivity contribution in [2.45, 2.75) is 26.2 Å². The van der Waals surface area contributed by atoms with Gasteiger partial charge in [0.2, 0.25) is 0 Å². The van der Waals surface area contributed by atoms with Crippen LogP contribution in [0.2, 0.25) is 4.34 Å². The molecule has 5 heteroatoms. The van der Waals surface area contributed by atoms with Crippen LogP contribution in [0.4, 0.5) is 11.4 Å². The summed E-state index contributed by atoms with van der Waals surface area (Å²) < 4.78 is 0.919. The molecule has 1 aliphatic heterocycles. The molecule has 0 aliphatic carbocycles. The molecule has 1 saturated heterocycles. The molecule has 2 aromatic rings. The molecule has 0 aromatic carbocycles. The van der Waals surface area contributed by atoms with Crippen LogP contribution in [0, 0.1) is 0 Å². The first-order valence-corrected chi connectivity index (χ1v) is 8.84. The van der Waals surface area contributed by atoms with E-state index in [1.807, 2.05) is 12.4 Å². The van der Waals surface area contributed by atoms with Gasteiger partial charge in [0.05, 0.1) is 5.69 Å². The fourth-order valence-electron chi connectivity index (χ4n) is 2.70. The van der Waals surface area contributed by atoms with Crippen molar-refractivity contribution in [2.75, 3.05) is 36.0 Å². The Morgan fingerprint density at radius 2 is 1.64 bits per heavy atom. The molecule has 3 rings (SSSR count). The van der Waals surface area contributed by atoms with Crippen LogP contribution < -0.4 is 9.80 Å². The van der Waals surface area contributed by atoms with E-state index in [9.17, 15) is 0 Å². The molecule has 0 atom stereocenters. The first-order chi connectivity index (χ1) is 10.4. The average molecular weight is 336 g/mol. The second-order valence-corrected chi connectivity index (χ2v) is 8.35. The van der Waals surface area contributed by atoms with Gasteiger partial charge >= 0.3 is 0 Å². The van der Waals surface area contributed by atoms with Crippen LogP contribution in [-0.4, -0.2) is 31.2 Å². The van der Waals surface area contributed by atoms with E-state index < -0.39 is 0 Å². The monoisotopic (exact) mass is 335 g/mol. The molecule has 3 heterocycles. The van der Waals surface area contributed by atoms with Gasteiger partial charge in [-0.2, -0.15) is 0 Å². The third-order valence-corrected chi connectivity index (χ3v) is 5.82.